The van der Waals surface area contributed by atoms with Crippen molar-refractivity contribution in [2.45, 2.75) is 6.92 Å². The number of nitrogens with one attached hydrogen (secondary N) is 1. The molecule has 82 valence electrons. The van der Waals surface area contributed by atoms with E-state index in [0.717, 1.165) is 0 Å². The van der Waals surface area contributed by atoms with Crippen molar-refractivity contribution < 1.29 is 9.32 Å². The number of aryl methyl sites for hydroxylation is 1. The molecule has 0 aliphatic carbocycles. The highest BCUT2D eigenvalue weighted by Gasteiger charge is 2.10. The lowest BCUT2D eigenvalue weighted by atomic mass is 10.3. The fourth-order valence-corrected chi connectivity index (χ4v) is 1.30. The third kappa shape index (κ3) is 2.38. The summed E-state index contributed by atoms with van der Waals surface area (Å²) in [5.41, 5.74) is 0.230. The molecule has 1 N–H and O–H groups in total. The minimum atomic E-state index is -0.379. The molecule has 0 unspecified atom stereocenters. The second kappa shape index (κ2) is 4.32. The van der Waals surface area contributed by atoms with Crippen LogP contribution < -0.4 is 5.32 Å². The first-order valence-corrected chi connectivity index (χ1v) is 4.90. The van der Waals surface area contributed by atoms with E-state index in [9.17, 15) is 4.79 Å². The van der Waals surface area contributed by atoms with E-state index in [4.69, 9.17) is 16.1 Å². The van der Waals surface area contributed by atoms with E-state index >= 15 is 0 Å². The van der Waals surface area contributed by atoms with Crippen molar-refractivity contribution in [1.82, 2.24) is 10.1 Å². The highest BCUT2D eigenvalue weighted by molar-refractivity contribution is 6.29. The van der Waals surface area contributed by atoms with E-state index in [0.29, 0.717) is 11.6 Å². The molecule has 2 aromatic heterocycles. The Kier molecular flexibility index (Phi) is 2.87. The number of aromatic nitrogens is 2. The van der Waals surface area contributed by atoms with Gasteiger partial charge in [0.15, 0.2) is 5.82 Å². The van der Waals surface area contributed by atoms with Crippen LogP contribution in [0.5, 0.6) is 0 Å². The van der Waals surface area contributed by atoms with Gasteiger partial charge >= 0.3 is 0 Å². The van der Waals surface area contributed by atoms with Gasteiger partial charge < -0.3 is 9.84 Å². The molecule has 0 aliphatic rings. The predicted molar refractivity (Wildman–Crippen MR) is 58.4 cm³/mol. The van der Waals surface area contributed by atoms with Gasteiger partial charge in [-0.05, 0) is 19.1 Å². The van der Waals surface area contributed by atoms with Gasteiger partial charge in [-0.3, -0.25) is 4.79 Å². The zero-order chi connectivity index (χ0) is 11.5. The first-order chi connectivity index (χ1) is 7.65. The molecule has 5 nitrogen and oxygen atoms in total. The lowest BCUT2D eigenvalue weighted by Gasteiger charge is -2.00. The first-order valence-electron chi connectivity index (χ1n) is 4.52. The van der Waals surface area contributed by atoms with E-state index in [1.165, 1.54) is 0 Å². The molecule has 0 fully saturated rings. The Morgan fingerprint density at radius 3 is 2.94 bits per heavy atom. The first kappa shape index (κ1) is 10.6. The Bertz CT molecular complexity index is 524. The van der Waals surface area contributed by atoms with E-state index in [2.05, 4.69) is 15.5 Å². The Morgan fingerprint density at radius 2 is 2.31 bits per heavy atom. The smallest absolute Gasteiger partial charge is 0.275 e. The second-order valence-electron chi connectivity index (χ2n) is 3.12. The van der Waals surface area contributed by atoms with Crippen molar-refractivity contribution in [2.75, 3.05) is 5.32 Å². The van der Waals surface area contributed by atoms with Crippen molar-refractivity contribution in [3.63, 3.8) is 0 Å². The molecule has 0 bridgehead atoms. The van der Waals surface area contributed by atoms with Gasteiger partial charge in [-0.1, -0.05) is 22.8 Å². The zero-order valence-corrected chi connectivity index (χ0v) is 9.15. The minimum absolute atomic E-state index is 0.230. The summed E-state index contributed by atoms with van der Waals surface area (Å²) in [4.78, 5) is 15.5. The van der Waals surface area contributed by atoms with Crippen LogP contribution in [0.3, 0.4) is 0 Å². The van der Waals surface area contributed by atoms with Crippen LogP contribution >= 0.6 is 11.6 Å². The number of rotatable bonds is 2. The summed E-state index contributed by atoms with van der Waals surface area (Å²) >= 11 is 5.67. The predicted octanol–water partition coefficient (Wildman–Crippen LogP) is 2.28. The van der Waals surface area contributed by atoms with Crippen LogP contribution in [0.25, 0.3) is 0 Å². The molecule has 16 heavy (non-hydrogen) atoms. The van der Waals surface area contributed by atoms with Crippen LogP contribution in [-0.2, 0) is 0 Å². The number of hydrogen-bond donors (Lipinski definition) is 1. The Hall–Kier alpha value is -1.88. The van der Waals surface area contributed by atoms with Gasteiger partial charge in [0.1, 0.15) is 16.6 Å². The Morgan fingerprint density at radius 1 is 1.50 bits per heavy atom. The van der Waals surface area contributed by atoms with Crippen LogP contribution in [0.15, 0.2) is 28.8 Å². The van der Waals surface area contributed by atoms with Crippen LogP contribution in [0.2, 0.25) is 5.15 Å². The van der Waals surface area contributed by atoms with Crippen molar-refractivity contribution in [3.05, 3.63) is 40.9 Å². The molecule has 0 aliphatic heterocycles. The second-order valence-corrected chi connectivity index (χ2v) is 3.51. The lowest BCUT2D eigenvalue weighted by molar-refractivity contribution is 0.102. The van der Waals surface area contributed by atoms with Gasteiger partial charge in [0.25, 0.3) is 5.91 Å². The van der Waals surface area contributed by atoms with Gasteiger partial charge in [0.2, 0.25) is 0 Å². The summed E-state index contributed by atoms with van der Waals surface area (Å²) in [6.45, 7) is 1.74. The van der Waals surface area contributed by atoms with Crippen molar-refractivity contribution in [2.24, 2.45) is 0 Å². The topological polar surface area (TPSA) is 68.0 Å². The van der Waals surface area contributed by atoms with Crippen LogP contribution in [0.4, 0.5) is 5.82 Å². The summed E-state index contributed by atoms with van der Waals surface area (Å²) in [6, 6.07) is 6.42. The summed E-state index contributed by atoms with van der Waals surface area (Å²) in [5.74, 6) is 0.592. The molecule has 0 radical (unpaired) electrons. The summed E-state index contributed by atoms with van der Waals surface area (Å²) in [6.07, 6.45) is 0. The number of hydrogen-bond acceptors (Lipinski definition) is 4. The molecular weight excluding hydrogens is 230 g/mol. The average molecular weight is 238 g/mol. The summed E-state index contributed by atoms with van der Waals surface area (Å²) in [5, 5.41) is 6.44. The number of pyridine rings is 1. The largest absolute Gasteiger partial charge is 0.360 e. The summed E-state index contributed by atoms with van der Waals surface area (Å²) < 4.78 is 4.81. The SMILES string of the molecule is Cc1cc(NC(=O)c2cccc(Cl)n2)no1. The third-order valence-corrected chi connectivity index (χ3v) is 2.03. The van der Waals surface area contributed by atoms with Crippen LogP contribution in [0, 0.1) is 6.92 Å². The van der Waals surface area contributed by atoms with Crippen molar-refractivity contribution >= 4 is 23.3 Å². The quantitative estimate of drug-likeness (QED) is 0.814. The highest BCUT2D eigenvalue weighted by atomic mass is 35.5. The number of carbonyl (C=O) groups excluding carboxylic acids is 1. The van der Waals surface area contributed by atoms with Gasteiger partial charge in [0.05, 0.1) is 0 Å². The fourth-order valence-electron chi connectivity index (χ4n) is 1.14. The molecule has 2 heterocycles. The average Bonchev–Trinajstić information content (AvgIpc) is 2.64. The maximum Gasteiger partial charge on any atom is 0.275 e. The molecule has 0 atom stereocenters. The molecule has 0 saturated carbocycles. The lowest BCUT2D eigenvalue weighted by Crippen LogP contribution is -2.13. The minimum Gasteiger partial charge on any atom is -0.360 e. The number of nitrogens with zero attached hydrogens (tertiary/aromatic N) is 2. The monoisotopic (exact) mass is 237 g/mol. The molecule has 0 spiro atoms. The molecule has 2 rings (SSSR count). The van der Waals surface area contributed by atoms with E-state index in [-0.39, 0.29) is 16.8 Å². The Balaban J connectivity index is 2.14. The summed E-state index contributed by atoms with van der Waals surface area (Å²) in [7, 11) is 0. The maximum absolute atomic E-state index is 11.7. The number of amides is 1. The van der Waals surface area contributed by atoms with Gasteiger partial charge in [0, 0.05) is 6.07 Å². The van der Waals surface area contributed by atoms with E-state index in [1.807, 2.05) is 0 Å². The van der Waals surface area contributed by atoms with Crippen LogP contribution in [-0.4, -0.2) is 16.0 Å². The number of carbonyl (C=O) groups is 1. The van der Waals surface area contributed by atoms with Crippen molar-refractivity contribution in [1.29, 1.82) is 0 Å². The normalized spacial score (nSPS) is 10.1. The van der Waals surface area contributed by atoms with Crippen LogP contribution in [0.1, 0.15) is 16.2 Å². The number of halogens is 1. The van der Waals surface area contributed by atoms with Gasteiger partial charge in [-0.25, -0.2) is 4.98 Å². The third-order valence-electron chi connectivity index (χ3n) is 1.82. The van der Waals surface area contributed by atoms with Gasteiger partial charge in [-0.15, -0.1) is 0 Å². The molecule has 0 saturated heterocycles. The molecule has 1 amide bonds. The van der Waals surface area contributed by atoms with Crippen molar-refractivity contribution in [3.8, 4) is 0 Å². The van der Waals surface area contributed by atoms with E-state index in [1.54, 1.807) is 31.2 Å². The standard InChI is InChI=1S/C10H8ClN3O2/c1-6-5-9(14-16-6)13-10(15)7-3-2-4-8(11)12-7/h2-5H,1H3,(H,13,14,15). The molecule has 0 aromatic carbocycles. The zero-order valence-electron chi connectivity index (χ0n) is 8.40. The molecule has 6 heteroatoms. The van der Waals surface area contributed by atoms with Gasteiger partial charge in [-0.2, -0.15) is 0 Å². The molecule has 2 aromatic rings. The number of anilines is 1. The van der Waals surface area contributed by atoms with E-state index < -0.39 is 0 Å². The maximum atomic E-state index is 11.7. The fraction of sp³-hybridized carbons (Fsp3) is 0.100. The Labute approximate surface area is 96.4 Å². The highest BCUT2D eigenvalue weighted by Crippen LogP contribution is 2.10. The molecular formula is C10H8ClN3O2.